The van der Waals surface area contributed by atoms with Gasteiger partial charge in [-0.1, -0.05) is 19.9 Å². The van der Waals surface area contributed by atoms with E-state index in [0.29, 0.717) is 17.9 Å². The van der Waals surface area contributed by atoms with Crippen LogP contribution in [0.15, 0.2) is 36.8 Å². The smallest absolute Gasteiger partial charge is 0.150 e. The molecule has 5 rings (SSSR count). The Labute approximate surface area is 198 Å². The fraction of sp³-hybridized carbons (Fsp3) is 0.577. The Hall–Kier alpha value is -2.41. The largest absolute Gasteiger partial charge is 0.366 e. The van der Waals surface area contributed by atoms with Crippen molar-refractivity contribution >= 4 is 24.8 Å². The number of aromatic nitrogens is 4. The van der Waals surface area contributed by atoms with E-state index in [1.807, 2.05) is 16.8 Å². The lowest BCUT2D eigenvalue weighted by Crippen LogP contribution is -2.43. The molecule has 172 valence electrons. The number of pyridine rings is 1. The fourth-order valence-corrected chi connectivity index (χ4v) is 5.72. The molecule has 1 saturated heterocycles. The van der Waals surface area contributed by atoms with E-state index in [2.05, 4.69) is 46.3 Å². The lowest BCUT2D eigenvalue weighted by molar-refractivity contribution is 0.0977. The molecule has 1 aliphatic carbocycles. The van der Waals surface area contributed by atoms with Crippen molar-refractivity contribution in [2.75, 3.05) is 18.4 Å². The van der Waals surface area contributed by atoms with Crippen molar-refractivity contribution in [3.05, 3.63) is 48.0 Å². The molecule has 2 aliphatic rings. The maximum absolute atomic E-state index is 6.21. The first-order chi connectivity index (χ1) is 16.1. The summed E-state index contributed by atoms with van der Waals surface area (Å²) in [6.45, 7) is 7.79. The maximum Gasteiger partial charge on any atom is 0.150 e. The molecule has 2 radical (unpaired) electrons. The molecule has 1 aliphatic heterocycles. The maximum atomic E-state index is 6.21. The second-order valence-corrected chi connectivity index (χ2v) is 10.2. The van der Waals surface area contributed by atoms with Gasteiger partial charge in [-0.25, -0.2) is 4.98 Å². The molecule has 4 heterocycles. The molecule has 3 aromatic rings. The molecule has 0 aromatic carbocycles. The van der Waals surface area contributed by atoms with Crippen LogP contribution < -0.4 is 10.8 Å². The predicted octanol–water partition coefficient (Wildman–Crippen LogP) is 3.92. The van der Waals surface area contributed by atoms with Crippen LogP contribution in [0.25, 0.3) is 5.65 Å². The minimum atomic E-state index is 0.464. The van der Waals surface area contributed by atoms with Crippen molar-refractivity contribution in [3.8, 4) is 0 Å². The molecule has 1 saturated carbocycles. The van der Waals surface area contributed by atoms with Crippen molar-refractivity contribution < 1.29 is 0 Å². The van der Waals surface area contributed by atoms with Gasteiger partial charge in [-0.15, -0.1) is 0 Å². The number of piperidine rings is 1. The molecule has 0 bridgehead atoms. The first kappa shape index (κ1) is 22.4. The van der Waals surface area contributed by atoms with Gasteiger partial charge in [-0.05, 0) is 80.5 Å². The Kier molecular flexibility index (Phi) is 6.68. The van der Waals surface area contributed by atoms with Gasteiger partial charge in [-0.3, -0.25) is 4.98 Å². The molecule has 2 fully saturated rings. The van der Waals surface area contributed by atoms with Crippen LogP contribution >= 0.6 is 0 Å². The molecule has 1 N–H and O–H groups in total. The Morgan fingerprint density at radius 1 is 1.09 bits per heavy atom. The van der Waals surface area contributed by atoms with Gasteiger partial charge in [0.15, 0.2) is 0 Å². The van der Waals surface area contributed by atoms with E-state index >= 15 is 0 Å². The standard InChI is InChI=1S/C26H35BN6/c1-18(2)20-5-7-22(8-6-20)32-12-9-21(10-13-32)24-14-25(29-16-19-4-3-11-28-15-19)33-26(31-24)23(27)17-30-33/h3-4,11,14-15,17-18,20-22,29H,5-10,12-13,16H2,1-2H3. The number of likely N-dealkylation sites (tertiary alicyclic amines) is 1. The molecule has 0 amide bonds. The van der Waals surface area contributed by atoms with Gasteiger partial charge >= 0.3 is 0 Å². The van der Waals surface area contributed by atoms with Crippen LogP contribution in [0.3, 0.4) is 0 Å². The minimum absolute atomic E-state index is 0.464. The lowest BCUT2D eigenvalue weighted by Gasteiger charge is -2.41. The topological polar surface area (TPSA) is 58.4 Å². The zero-order valence-corrected chi connectivity index (χ0v) is 20.0. The van der Waals surface area contributed by atoms with Crippen LogP contribution in [0, 0.1) is 11.8 Å². The zero-order chi connectivity index (χ0) is 22.8. The second kappa shape index (κ2) is 9.84. The third-order valence-electron chi connectivity index (χ3n) is 7.86. The van der Waals surface area contributed by atoms with Crippen molar-refractivity contribution in [3.63, 3.8) is 0 Å². The molecule has 33 heavy (non-hydrogen) atoms. The molecular formula is C26H35BN6. The van der Waals surface area contributed by atoms with Crippen molar-refractivity contribution in [1.29, 1.82) is 0 Å². The first-order valence-electron chi connectivity index (χ1n) is 12.6. The van der Waals surface area contributed by atoms with Crippen molar-refractivity contribution in [2.24, 2.45) is 11.8 Å². The highest BCUT2D eigenvalue weighted by Gasteiger charge is 2.31. The third-order valence-corrected chi connectivity index (χ3v) is 7.86. The molecule has 6 nitrogen and oxygen atoms in total. The van der Waals surface area contributed by atoms with E-state index in [4.69, 9.17) is 12.8 Å². The normalized spacial score (nSPS) is 22.8. The number of anilines is 1. The van der Waals surface area contributed by atoms with Gasteiger partial charge in [0.2, 0.25) is 0 Å². The molecule has 0 unspecified atom stereocenters. The van der Waals surface area contributed by atoms with Crippen LogP contribution in [0.2, 0.25) is 0 Å². The Balaban J connectivity index is 1.27. The number of rotatable bonds is 6. The highest BCUT2D eigenvalue weighted by Crippen LogP contribution is 2.35. The van der Waals surface area contributed by atoms with Crippen molar-refractivity contribution in [2.45, 2.75) is 70.9 Å². The third kappa shape index (κ3) is 4.93. The SMILES string of the molecule is [B]c1cnn2c(NCc3cccnc3)cc(C3CCN(C4CCC(C(C)C)CC4)CC3)nc12. The Morgan fingerprint density at radius 3 is 2.58 bits per heavy atom. The molecule has 3 aromatic heterocycles. The molecular weight excluding hydrogens is 407 g/mol. The number of hydrogen-bond donors (Lipinski definition) is 1. The van der Waals surface area contributed by atoms with Gasteiger partial charge < -0.3 is 10.2 Å². The molecule has 0 spiro atoms. The van der Waals surface area contributed by atoms with Gasteiger partial charge in [0, 0.05) is 48.9 Å². The van der Waals surface area contributed by atoms with Gasteiger partial charge in [0.1, 0.15) is 19.3 Å². The second-order valence-electron chi connectivity index (χ2n) is 10.2. The highest BCUT2D eigenvalue weighted by molar-refractivity contribution is 6.36. The minimum Gasteiger partial charge on any atom is -0.366 e. The van der Waals surface area contributed by atoms with Gasteiger partial charge in [0.25, 0.3) is 0 Å². The summed E-state index contributed by atoms with van der Waals surface area (Å²) in [5.41, 5.74) is 3.63. The number of hydrogen-bond acceptors (Lipinski definition) is 5. The Bertz CT molecular complexity index is 1050. The number of nitrogens with one attached hydrogen (secondary N) is 1. The highest BCUT2D eigenvalue weighted by atomic mass is 15.3. The van der Waals surface area contributed by atoms with Crippen LogP contribution in [-0.2, 0) is 6.54 Å². The van der Waals surface area contributed by atoms with E-state index in [9.17, 15) is 0 Å². The van der Waals surface area contributed by atoms with Crippen molar-refractivity contribution in [1.82, 2.24) is 24.5 Å². The number of fused-ring (bicyclic) bond motifs is 1. The molecule has 0 atom stereocenters. The van der Waals surface area contributed by atoms with E-state index in [0.717, 1.165) is 53.4 Å². The van der Waals surface area contributed by atoms with Crippen LogP contribution in [0.1, 0.15) is 69.5 Å². The zero-order valence-electron chi connectivity index (χ0n) is 20.0. The van der Waals surface area contributed by atoms with E-state index in [1.54, 1.807) is 12.4 Å². The summed E-state index contributed by atoms with van der Waals surface area (Å²) < 4.78 is 1.82. The van der Waals surface area contributed by atoms with E-state index in [1.165, 1.54) is 38.8 Å². The average Bonchev–Trinajstić information content (AvgIpc) is 3.24. The quantitative estimate of drug-likeness (QED) is 0.587. The summed E-state index contributed by atoms with van der Waals surface area (Å²) in [6, 6.07) is 6.98. The van der Waals surface area contributed by atoms with Crippen LogP contribution in [-0.4, -0.2) is 51.5 Å². The summed E-state index contributed by atoms with van der Waals surface area (Å²) in [7, 11) is 6.21. The van der Waals surface area contributed by atoms with Crippen LogP contribution in [0.5, 0.6) is 0 Å². The summed E-state index contributed by atoms with van der Waals surface area (Å²) >= 11 is 0. The van der Waals surface area contributed by atoms with Gasteiger partial charge in [-0.2, -0.15) is 9.61 Å². The number of nitrogens with zero attached hydrogens (tertiary/aromatic N) is 5. The summed E-state index contributed by atoms with van der Waals surface area (Å²) in [5, 5.41) is 7.98. The van der Waals surface area contributed by atoms with E-state index in [-0.39, 0.29) is 0 Å². The average molecular weight is 442 g/mol. The fourth-order valence-electron chi connectivity index (χ4n) is 5.72. The summed E-state index contributed by atoms with van der Waals surface area (Å²) in [5.74, 6) is 3.15. The first-order valence-corrected chi connectivity index (χ1v) is 12.6. The lowest BCUT2D eigenvalue weighted by atomic mass is 9.78. The predicted molar refractivity (Wildman–Crippen MR) is 134 cm³/mol. The van der Waals surface area contributed by atoms with E-state index < -0.39 is 0 Å². The molecule has 7 heteroatoms. The van der Waals surface area contributed by atoms with Crippen LogP contribution in [0.4, 0.5) is 5.82 Å². The van der Waals surface area contributed by atoms with Gasteiger partial charge in [0.05, 0.1) is 0 Å². The summed E-state index contributed by atoms with van der Waals surface area (Å²) in [6.07, 6.45) is 13.2. The Morgan fingerprint density at radius 2 is 1.88 bits per heavy atom. The summed E-state index contributed by atoms with van der Waals surface area (Å²) in [4.78, 5) is 11.9. The monoisotopic (exact) mass is 442 g/mol.